The molecule has 7 aromatic rings. The van der Waals surface area contributed by atoms with Crippen LogP contribution in [0.2, 0.25) is 0 Å². The van der Waals surface area contributed by atoms with Crippen molar-refractivity contribution in [2.75, 3.05) is 5.32 Å². The monoisotopic (exact) mass is 701 g/mol. The summed E-state index contributed by atoms with van der Waals surface area (Å²) in [5, 5.41) is 3.83. The molecule has 0 saturated heterocycles. The first kappa shape index (κ1) is 31.3. The molecule has 1 unspecified atom stereocenters. The fraction of sp³-hybridized carbons (Fsp3) is 0.0612. The number of hydrogen-bond donors (Lipinski definition) is 1. The van der Waals surface area contributed by atoms with Crippen LogP contribution in [0.1, 0.15) is 40.7 Å². The Morgan fingerprint density at radius 3 is 1.85 bits per heavy atom. The Hall–Kier alpha value is -5.48. The van der Waals surface area contributed by atoms with E-state index in [4.69, 9.17) is 0 Å². The molecule has 3 aliphatic rings. The van der Waals surface area contributed by atoms with Crippen molar-refractivity contribution in [3.8, 4) is 22.3 Å². The van der Waals surface area contributed by atoms with E-state index in [0.717, 1.165) is 24.2 Å². The molecule has 52 heavy (non-hydrogen) atoms. The second-order valence-corrected chi connectivity index (χ2v) is 15.7. The molecule has 2 aliphatic heterocycles. The number of nitrogens with one attached hydrogen (secondary N) is 1. The smallest absolute Gasteiger partial charge is 0.0745 e. The summed E-state index contributed by atoms with van der Waals surface area (Å²) in [5.74, 6) is 0. The minimum Gasteiger partial charge on any atom is -0.355 e. The number of fused-ring (bicyclic) bond motifs is 8. The van der Waals surface area contributed by atoms with Crippen molar-refractivity contribution in [1.29, 1.82) is 0 Å². The van der Waals surface area contributed by atoms with Gasteiger partial charge in [0.15, 0.2) is 0 Å². The number of para-hydroxylation sites is 2. The molecule has 1 nitrogen and oxygen atoms in total. The number of hydrogen-bond acceptors (Lipinski definition) is 3. The standard InChI is InChI=1S/C49H35NS2/c1-4-16-33(17-5-1)37-22-14-23-38(47(37)50-36-20-8-3-9-21-36)35-30-31-42-46(32-35)51-44-28-12-10-25-40(44)49(42)41-26-11-13-29-45(41)52-48-39(24-15-27-43(48)49)34-18-6-2-7-19-34/h1-6,8-18,20-32,50H,7,19H2. The zero-order chi connectivity index (χ0) is 34.5. The maximum Gasteiger partial charge on any atom is 0.0745 e. The van der Waals surface area contributed by atoms with Gasteiger partial charge in [0.05, 0.1) is 11.1 Å². The predicted octanol–water partition coefficient (Wildman–Crippen LogP) is 13.8. The third kappa shape index (κ3) is 5.03. The second-order valence-electron chi connectivity index (χ2n) is 13.6. The fourth-order valence-electron chi connectivity index (χ4n) is 8.39. The quantitative estimate of drug-likeness (QED) is 0.192. The molecule has 10 rings (SSSR count). The minimum absolute atomic E-state index is 0.453. The second kappa shape index (κ2) is 12.9. The highest BCUT2D eigenvalue weighted by Crippen LogP contribution is 2.63. The summed E-state index contributed by atoms with van der Waals surface area (Å²) in [6.45, 7) is 0. The van der Waals surface area contributed by atoms with Crippen LogP contribution in [-0.4, -0.2) is 0 Å². The molecule has 1 aliphatic carbocycles. The molecule has 0 bridgehead atoms. The van der Waals surface area contributed by atoms with Gasteiger partial charge in [-0.1, -0.05) is 175 Å². The van der Waals surface area contributed by atoms with Crippen LogP contribution >= 0.6 is 23.5 Å². The van der Waals surface area contributed by atoms with Crippen molar-refractivity contribution in [2.45, 2.75) is 37.8 Å². The zero-order valence-electron chi connectivity index (χ0n) is 28.6. The van der Waals surface area contributed by atoms with Gasteiger partial charge in [0.25, 0.3) is 0 Å². The Morgan fingerprint density at radius 2 is 1.10 bits per heavy atom. The lowest BCUT2D eigenvalue weighted by atomic mass is 9.64. The normalized spacial score (nSPS) is 16.7. The summed E-state index contributed by atoms with van der Waals surface area (Å²) in [5.41, 5.74) is 14.7. The zero-order valence-corrected chi connectivity index (χ0v) is 30.2. The van der Waals surface area contributed by atoms with Gasteiger partial charge in [-0.05, 0) is 87.7 Å². The third-order valence-electron chi connectivity index (χ3n) is 10.7. The summed E-state index contributed by atoms with van der Waals surface area (Å²) >= 11 is 3.85. The van der Waals surface area contributed by atoms with Crippen LogP contribution in [0.25, 0.3) is 27.8 Å². The van der Waals surface area contributed by atoms with Gasteiger partial charge >= 0.3 is 0 Å². The van der Waals surface area contributed by atoms with Gasteiger partial charge in [-0.15, -0.1) is 0 Å². The van der Waals surface area contributed by atoms with E-state index in [1.165, 1.54) is 75.2 Å². The lowest BCUT2D eigenvalue weighted by Crippen LogP contribution is -2.37. The maximum absolute atomic E-state index is 3.83. The van der Waals surface area contributed by atoms with E-state index < -0.39 is 5.41 Å². The Morgan fingerprint density at radius 1 is 0.481 bits per heavy atom. The highest BCUT2D eigenvalue weighted by Gasteiger charge is 2.49. The molecule has 3 heteroatoms. The minimum atomic E-state index is -0.453. The van der Waals surface area contributed by atoms with E-state index in [1.54, 1.807) is 0 Å². The van der Waals surface area contributed by atoms with Crippen LogP contribution in [-0.2, 0) is 5.41 Å². The third-order valence-corrected chi connectivity index (χ3v) is 13.0. The largest absolute Gasteiger partial charge is 0.355 e. The van der Waals surface area contributed by atoms with E-state index >= 15 is 0 Å². The molecule has 0 radical (unpaired) electrons. The molecule has 1 N–H and O–H groups in total. The molecular formula is C49H35NS2. The van der Waals surface area contributed by atoms with Gasteiger partial charge in [0, 0.05) is 36.4 Å². The number of anilines is 2. The first-order valence-corrected chi connectivity index (χ1v) is 19.6. The van der Waals surface area contributed by atoms with Crippen molar-refractivity contribution in [1.82, 2.24) is 0 Å². The molecule has 0 fully saturated rings. The van der Waals surface area contributed by atoms with Gasteiger partial charge in [0.1, 0.15) is 0 Å². The van der Waals surface area contributed by atoms with E-state index in [9.17, 15) is 0 Å². The molecule has 0 aromatic heterocycles. The summed E-state index contributed by atoms with van der Waals surface area (Å²) in [4.78, 5) is 5.32. The van der Waals surface area contributed by atoms with Crippen molar-refractivity contribution < 1.29 is 0 Å². The van der Waals surface area contributed by atoms with Gasteiger partial charge in [-0.25, -0.2) is 0 Å². The molecule has 1 atom stereocenters. The number of allylic oxidation sites excluding steroid dienone is 4. The van der Waals surface area contributed by atoms with Crippen molar-refractivity contribution >= 4 is 40.5 Å². The van der Waals surface area contributed by atoms with Gasteiger partial charge in [-0.3, -0.25) is 0 Å². The lowest BCUT2D eigenvalue weighted by Gasteiger charge is -2.46. The van der Waals surface area contributed by atoms with Crippen molar-refractivity contribution in [3.63, 3.8) is 0 Å². The molecule has 0 saturated carbocycles. The van der Waals surface area contributed by atoms with E-state index in [2.05, 4.69) is 187 Å². The molecule has 7 aromatic carbocycles. The predicted molar refractivity (Wildman–Crippen MR) is 220 cm³/mol. The molecule has 2 heterocycles. The van der Waals surface area contributed by atoms with Crippen LogP contribution in [0.4, 0.5) is 11.4 Å². The highest BCUT2D eigenvalue weighted by atomic mass is 32.2. The van der Waals surface area contributed by atoms with E-state index in [0.29, 0.717) is 0 Å². The molecular weight excluding hydrogens is 667 g/mol. The number of rotatable bonds is 5. The van der Waals surface area contributed by atoms with Crippen LogP contribution in [0.3, 0.4) is 0 Å². The van der Waals surface area contributed by atoms with Crippen LogP contribution < -0.4 is 5.32 Å². The first-order chi connectivity index (χ1) is 25.8. The highest BCUT2D eigenvalue weighted by molar-refractivity contribution is 8.00. The summed E-state index contributed by atoms with van der Waals surface area (Å²) < 4.78 is 0. The first-order valence-electron chi connectivity index (χ1n) is 18.0. The van der Waals surface area contributed by atoms with Gasteiger partial charge < -0.3 is 5.32 Å². The SMILES string of the molecule is C1=CCCC(c2cccc3c2Sc2ccccc2C32c3ccccc3Sc3cc(-c4cccc(-c5ccccc5)c4Nc4ccccc4)ccc32)=C1. The van der Waals surface area contributed by atoms with Crippen LogP contribution in [0.15, 0.2) is 202 Å². The van der Waals surface area contributed by atoms with Crippen LogP contribution in [0.5, 0.6) is 0 Å². The van der Waals surface area contributed by atoms with Gasteiger partial charge in [-0.2, -0.15) is 0 Å². The summed E-state index contributed by atoms with van der Waals surface area (Å²) in [6, 6.07) is 60.4. The fourth-order valence-corrected chi connectivity index (χ4v) is 11.0. The molecule has 0 amide bonds. The van der Waals surface area contributed by atoms with E-state index in [-0.39, 0.29) is 0 Å². The lowest BCUT2D eigenvalue weighted by molar-refractivity contribution is 0.666. The molecule has 248 valence electrons. The van der Waals surface area contributed by atoms with E-state index in [1.807, 2.05) is 23.5 Å². The Kier molecular flexibility index (Phi) is 7.78. The Bertz CT molecular complexity index is 2540. The van der Waals surface area contributed by atoms with Crippen molar-refractivity contribution in [3.05, 3.63) is 210 Å². The molecule has 1 spiro atoms. The summed E-state index contributed by atoms with van der Waals surface area (Å²) in [7, 11) is 0. The van der Waals surface area contributed by atoms with Crippen molar-refractivity contribution in [2.24, 2.45) is 0 Å². The maximum atomic E-state index is 3.83. The Balaban J connectivity index is 1.22. The average molecular weight is 702 g/mol. The van der Waals surface area contributed by atoms with Crippen LogP contribution in [0, 0.1) is 0 Å². The average Bonchev–Trinajstić information content (AvgIpc) is 3.21. The topological polar surface area (TPSA) is 12.0 Å². The number of benzene rings is 7. The summed E-state index contributed by atoms with van der Waals surface area (Å²) in [6.07, 6.45) is 8.98. The van der Waals surface area contributed by atoms with Gasteiger partial charge in [0.2, 0.25) is 0 Å². The Labute approximate surface area is 314 Å².